The van der Waals surface area contributed by atoms with Crippen LogP contribution in [0, 0.1) is 0 Å². The molecule has 3 rings (SSSR count). The Balaban J connectivity index is 1.71. The van der Waals surface area contributed by atoms with Crippen molar-refractivity contribution in [2.75, 3.05) is 18.4 Å². The number of fused-ring (bicyclic) bond motifs is 1. The fraction of sp³-hybridized carbons (Fsp3) is 0.667. The van der Waals surface area contributed by atoms with Gasteiger partial charge in [-0.2, -0.15) is 0 Å². The van der Waals surface area contributed by atoms with Gasteiger partial charge in [0, 0.05) is 4.88 Å². The van der Waals surface area contributed by atoms with Crippen molar-refractivity contribution in [1.29, 1.82) is 0 Å². The number of carbonyl (C=O) groups excluding carboxylic acids is 2. The molecule has 3 N–H and O–H groups in total. The van der Waals surface area contributed by atoms with Crippen molar-refractivity contribution in [3.63, 3.8) is 0 Å². The summed E-state index contributed by atoms with van der Waals surface area (Å²) in [6.07, 6.45) is 9.04. The van der Waals surface area contributed by atoms with Crippen molar-refractivity contribution in [3.05, 3.63) is 16.0 Å². The minimum absolute atomic E-state index is 0.0296. The molecule has 0 unspecified atom stereocenters. The summed E-state index contributed by atoms with van der Waals surface area (Å²) in [6.45, 7) is 3.90. The van der Waals surface area contributed by atoms with E-state index in [9.17, 15) is 9.59 Å². The topological polar surface area (TPSA) is 75.4 Å². The predicted octanol–water partition coefficient (Wildman–Crippen LogP) is 2.93. The van der Waals surface area contributed by atoms with Gasteiger partial charge in [0.05, 0.1) is 11.6 Å². The van der Waals surface area contributed by atoms with Crippen LogP contribution >= 0.6 is 11.3 Å². The molecule has 2 heterocycles. The molecule has 0 spiro atoms. The summed E-state index contributed by atoms with van der Waals surface area (Å²) in [5, 5.41) is 3.64. The van der Waals surface area contributed by atoms with E-state index in [1.165, 1.54) is 35.5 Å². The number of primary amides is 1. The Kier molecular flexibility index (Phi) is 5.56. The van der Waals surface area contributed by atoms with Gasteiger partial charge in [-0.1, -0.05) is 19.3 Å². The molecule has 132 valence electrons. The van der Waals surface area contributed by atoms with Crippen LogP contribution in [0.3, 0.4) is 0 Å². The smallest absolute Gasteiger partial charge is 0.251 e. The van der Waals surface area contributed by atoms with Crippen LogP contribution in [0.2, 0.25) is 0 Å². The highest BCUT2D eigenvalue weighted by atomic mass is 32.1. The fourth-order valence-electron chi connectivity index (χ4n) is 3.79. The number of amides is 2. The number of carbonyl (C=O) groups is 2. The first kappa shape index (κ1) is 17.4. The molecule has 0 aromatic carbocycles. The molecule has 1 fully saturated rings. The van der Waals surface area contributed by atoms with Gasteiger partial charge in [-0.25, -0.2) is 0 Å². The molecule has 1 saturated heterocycles. The van der Waals surface area contributed by atoms with Crippen LogP contribution in [0.4, 0.5) is 5.00 Å². The Labute approximate surface area is 147 Å². The van der Waals surface area contributed by atoms with Crippen molar-refractivity contribution in [2.24, 2.45) is 5.73 Å². The highest BCUT2D eigenvalue weighted by Gasteiger charge is 2.28. The Morgan fingerprint density at radius 2 is 1.75 bits per heavy atom. The van der Waals surface area contributed by atoms with E-state index in [1.807, 2.05) is 6.92 Å². The molecule has 6 heteroatoms. The number of nitrogens with two attached hydrogens (primary N) is 1. The summed E-state index contributed by atoms with van der Waals surface area (Å²) in [6, 6.07) is -0.180. The van der Waals surface area contributed by atoms with Crippen LogP contribution in [-0.4, -0.2) is 35.8 Å². The van der Waals surface area contributed by atoms with Crippen molar-refractivity contribution in [3.8, 4) is 0 Å². The van der Waals surface area contributed by atoms with E-state index in [1.54, 1.807) is 0 Å². The molecule has 2 aliphatic rings. The number of anilines is 1. The lowest BCUT2D eigenvalue weighted by Gasteiger charge is -2.29. The van der Waals surface area contributed by atoms with E-state index in [-0.39, 0.29) is 11.9 Å². The average molecular weight is 350 g/mol. The number of nitrogens with zero attached hydrogens (tertiary/aromatic N) is 1. The van der Waals surface area contributed by atoms with Crippen LogP contribution < -0.4 is 11.1 Å². The quantitative estimate of drug-likeness (QED) is 0.877. The van der Waals surface area contributed by atoms with Crippen LogP contribution in [0.25, 0.3) is 0 Å². The van der Waals surface area contributed by atoms with Gasteiger partial charge in [-0.3, -0.25) is 14.5 Å². The van der Waals surface area contributed by atoms with Crippen molar-refractivity contribution < 1.29 is 9.59 Å². The van der Waals surface area contributed by atoms with E-state index in [0.29, 0.717) is 10.6 Å². The zero-order chi connectivity index (χ0) is 17.1. The lowest BCUT2D eigenvalue weighted by atomic mass is 10.1. The summed E-state index contributed by atoms with van der Waals surface area (Å²) >= 11 is 1.53. The van der Waals surface area contributed by atoms with Gasteiger partial charge >= 0.3 is 0 Å². The molecule has 1 aromatic rings. The first-order valence-electron chi connectivity index (χ1n) is 9.07. The molecular formula is C18H27N3O2S. The second kappa shape index (κ2) is 7.66. The number of rotatable bonds is 4. The van der Waals surface area contributed by atoms with Crippen LogP contribution in [0.5, 0.6) is 0 Å². The number of aryl methyl sites for hydroxylation is 1. The molecule has 0 saturated carbocycles. The highest BCUT2D eigenvalue weighted by Crippen LogP contribution is 2.38. The molecule has 1 aliphatic carbocycles. The molecule has 0 radical (unpaired) electrons. The first-order chi connectivity index (χ1) is 11.6. The van der Waals surface area contributed by atoms with Crippen LogP contribution in [0.1, 0.15) is 66.2 Å². The predicted molar refractivity (Wildman–Crippen MR) is 97.6 cm³/mol. The summed E-state index contributed by atoms with van der Waals surface area (Å²) in [7, 11) is 0. The zero-order valence-corrected chi connectivity index (χ0v) is 15.2. The van der Waals surface area contributed by atoms with Gasteiger partial charge in [-0.15, -0.1) is 11.3 Å². The highest BCUT2D eigenvalue weighted by molar-refractivity contribution is 7.17. The maximum Gasteiger partial charge on any atom is 0.251 e. The van der Waals surface area contributed by atoms with E-state index in [4.69, 9.17) is 5.73 Å². The normalized spacial score (nSPS) is 20.0. The number of hydrogen-bond donors (Lipinski definition) is 2. The summed E-state index contributed by atoms with van der Waals surface area (Å²) in [4.78, 5) is 28.0. The molecule has 1 atom stereocenters. The first-order valence-corrected chi connectivity index (χ1v) is 9.89. The summed E-state index contributed by atoms with van der Waals surface area (Å²) in [5.41, 5.74) is 7.17. The maximum atomic E-state index is 12.7. The van der Waals surface area contributed by atoms with E-state index in [2.05, 4.69) is 10.2 Å². The van der Waals surface area contributed by atoms with E-state index >= 15 is 0 Å². The number of nitrogens with one attached hydrogen (secondary N) is 1. The lowest BCUT2D eigenvalue weighted by Crippen LogP contribution is -2.43. The second-order valence-electron chi connectivity index (χ2n) is 6.89. The molecule has 1 aromatic heterocycles. The Bertz CT molecular complexity index is 618. The zero-order valence-electron chi connectivity index (χ0n) is 14.4. The number of likely N-dealkylation sites (tertiary alicyclic amines) is 1. The number of hydrogen-bond acceptors (Lipinski definition) is 4. The minimum Gasteiger partial charge on any atom is -0.365 e. The van der Waals surface area contributed by atoms with E-state index in [0.717, 1.165) is 50.8 Å². The Morgan fingerprint density at radius 3 is 2.42 bits per heavy atom. The third kappa shape index (κ3) is 3.64. The SMILES string of the molecule is C[C@H](C(=O)Nc1sc2c(c1C(N)=O)CCC2)N1CCCCCCC1. The van der Waals surface area contributed by atoms with Crippen LogP contribution in [0.15, 0.2) is 0 Å². The Morgan fingerprint density at radius 1 is 1.08 bits per heavy atom. The third-order valence-electron chi connectivity index (χ3n) is 5.22. The standard InChI is InChI=1S/C18H27N3O2S/c1-12(21-10-5-3-2-4-6-11-21)17(23)20-18-15(16(19)22)13-8-7-9-14(13)24-18/h12H,2-11H2,1H3,(H2,19,22)(H,20,23)/t12-/m1/s1. The van der Waals surface area contributed by atoms with Gasteiger partial charge < -0.3 is 11.1 Å². The molecule has 24 heavy (non-hydrogen) atoms. The minimum atomic E-state index is -0.427. The van der Waals surface area contributed by atoms with Gasteiger partial charge in [0.2, 0.25) is 5.91 Å². The lowest BCUT2D eigenvalue weighted by molar-refractivity contribution is -0.120. The third-order valence-corrected chi connectivity index (χ3v) is 6.43. The Hall–Kier alpha value is -1.40. The molecule has 2 amide bonds. The van der Waals surface area contributed by atoms with Crippen LogP contribution in [-0.2, 0) is 17.6 Å². The molecule has 0 bridgehead atoms. The van der Waals surface area contributed by atoms with Gasteiger partial charge in [0.1, 0.15) is 5.00 Å². The molecular weight excluding hydrogens is 322 g/mol. The molecule has 1 aliphatic heterocycles. The van der Waals surface area contributed by atoms with Crippen molar-refractivity contribution in [1.82, 2.24) is 4.90 Å². The summed E-state index contributed by atoms with van der Waals surface area (Å²) in [5.74, 6) is -0.457. The molecule has 5 nitrogen and oxygen atoms in total. The maximum absolute atomic E-state index is 12.7. The average Bonchev–Trinajstić information content (AvgIpc) is 3.06. The monoisotopic (exact) mass is 349 g/mol. The largest absolute Gasteiger partial charge is 0.365 e. The second-order valence-corrected chi connectivity index (χ2v) is 8.00. The van der Waals surface area contributed by atoms with E-state index < -0.39 is 5.91 Å². The number of thiophene rings is 1. The van der Waals surface area contributed by atoms with Crippen molar-refractivity contribution in [2.45, 2.75) is 64.3 Å². The van der Waals surface area contributed by atoms with Gasteiger partial charge in [0.25, 0.3) is 5.91 Å². The van der Waals surface area contributed by atoms with Gasteiger partial charge in [-0.05, 0) is 57.7 Å². The fourth-order valence-corrected chi connectivity index (χ4v) is 5.09. The summed E-state index contributed by atoms with van der Waals surface area (Å²) < 4.78 is 0. The van der Waals surface area contributed by atoms with Crippen molar-refractivity contribution >= 4 is 28.2 Å². The van der Waals surface area contributed by atoms with Gasteiger partial charge in [0.15, 0.2) is 0 Å².